The van der Waals surface area contributed by atoms with Crippen molar-refractivity contribution in [1.29, 1.82) is 0 Å². The van der Waals surface area contributed by atoms with Gasteiger partial charge < -0.3 is 19.3 Å². The second kappa shape index (κ2) is 6.55. The number of fused-ring (bicyclic) bond motifs is 2. The molecule has 6 heteroatoms. The Hall–Kier alpha value is -3.12. The van der Waals surface area contributed by atoms with Crippen LogP contribution in [0.4, 0.5) is 0 Å². The number of carbonyl (C=O) groups excluding carboxylic acids is 1. The molecule has 1 aliphatic rings. The third-order valence-corrected chi connectivity index (χ3v) is 4.85. The topological polar surface area (TPSA) is 74.0 Å². The first-order valence-corrected chi connectivity index (χ1v) is 8.77. The van der Waals surface area contributed by atoms with Crippen molar-refractivity contribution in [3.05, 3.63) is 75.6 Å². The molecule has 0 bridgehead atoms. The van der Waals surface area contributed by atoms with E-state index in [4.69, 9.17) is 4.42 Å². The number of para-hydroxylation sites is 1. The van der Waals surface area contributed by atoms with Crippen LogP contribution in [0.1, 0.15) is 27.7 Å². The SMILES string of the molecule is CN(C)CCN1C(=O)c2oc3ccccc3c(=O)c2C1c1cccc(O)c1. The maximum Gasteiger partial charge on any atom is 0.290 e. The molecule has 2 aromatic carbocycles. The van der Waals surface area contributed by atoms with Gasteiger partial charge in [-0.3, -0.25) is 9.59 Å². The number of likely N-dealkylation sites (N-methyl/N-ethyl adjacent to an activating group) is 1. The Balaban J connectivity index is 1.94. The lowest BCUT2D eigenvalue weighted by atomic mass is 9.98. The molecule has 1 unspecified atom stereocenters. The zero-order valence-electron chi connectivity index (χ0n) is 15.2. The molecule has 1 amide bonds. The average molecular weight is 364 g/mol. The highest BCUT2D eigenvalue weighted by Gasteiger charge is 2.42. The zero-order chi connectivity index (χ0) is 19.1. The molecule has 0 fully saturated rings. The van der Waals surface area contributed by atoms with E-state index in [0.717, 1.165) is 0 Å². The summed E-state index contributed by atoms with van der Waals surface area (Å²) in [6.45, 7) is 1.08. The third kappa shape index (κ3) is 2.88. The quantitative estimate of drug-likeness (QED) is 0.770. The largest absolute Gasteiger partial charge is 0.508 e. The predicted octanol–water partition coefficient (Wildman–Crippen LogP) is 2.61. The number of benzene rings is 2. The average Bonchev–Trinajstić information content (AvgIpc) is 2.93. The molecule has 4 rings (SSSR count). The Morgan fingerprint density at radius 2 is 1.89 bits per heavy atom. The summed E-state index contributed by atoms with van der Waals surface area (Å²) < 4.78 is 5.85. The van der Waals surface area contributed by atoms with Crippen molar-refractivity contribution in [3.63, 3.8) is 0 Å². The molecule has 138 valence electrons. The summed E-state index contributed by atoms with van der Waals surface area (Å²) in [7, 11) is 3.85. The van der Waals surface area contributed by atoms with Crippen molar-refractivity contribution in [1.82, 2.24) is 9.80 Å². The highest BCUT2D eigenvalue weighted by Crippen LogP contribution is 2.38. The molecular formula is C21H20N2O4. The van der Waals surface area contributed by atoms with Crippen LogP contribution in [-0.2, 0) is 0 Å². The molecule has 1 atom stereocenters. The number of hydrogen-bond donors (Lipinski definition) is 1. The summed E-state index contributed by atoms with van der Waals surface area (Å²) in [6.07, 6.45) is 0. The minimum Gasteiger partial charge on any atom is -0.508 e. The molecule has 1 aromatic heterocycles. The van der Waals surface area contributed by atoms with Gasteiger partial charge in [-0.1, -0.05) is 24.3 Å². The molecule has 0 saturated heterocycles. The van der Waals surface area contributed by atoms with E-state index in [2.05, 4.69) is 0 Å². The normalized spacial score (nSPS) is 16.3. The first-order valence-electron chi connectivity index (χ1n) is 8.77. The van der Waals surface area contributed by atoms with Gasteiger partial charge in [0.1, 0.15) is 11.3 Å². The van der Waals surface area contributed by atoms with E-state index in [1.807, 2.05) is 25.1 Å². The standard InChI is InChI=1S/C21H20N2O4/c1-22(2)10-11-23-18(13-6-5-7-14(24)12-13)17-19(25)15-8-3-4-9-16(15)27-20(17)21(23)26/h3-9,12,18,24H,10-11H2,1-2H3. The van der Waals surface area contributed by atoms with Crippen molar-refractivity contribution in [2.75, 3.05) is 27.2 Å². The van der Waals surface area contributed by atoms with Crippen molar-refractivity contribution in [2.45, 2.75) is 6.04 Å². The van der Waals surface area contributed by atoms with Gasteiger partial charge in [-0.15, -0.1) is 0 Å². The van der Waals surface area contributed by atoms with Gasteiger partial charge in [0, 0.05) is 13.1 Å². The molecule has 2 heterocycles. The minimum atomic E-state index is -0.583. The Labute approximate surface area is 156 Å². The molecule has 0 radical (unpaired) electrons. The van der Waals surface area contributed by atoms with Gasteiger partial charge in [-0.2, -0.15) is 0 Å². The minimum absolute atomic E-state index is 0.0887. The highest BCUT2D eigenvalue weighted by molar-refractivity contribution is 5.99. The monoisotopic (exact) mass is 364 g/mol. The van der Waals surface area contributed by atoms with Crippen molar-refractivity contribution in [2.24, 2.45) is 0 Å². The van der Waals surface area contributed by atoms with Gasteiger partial charge in [-0.25, -0.2) is 0 Å². The van der Waals surface area contributed by atoms with Gasteiger partial charge in [0.05, 0.1) is 17.0 Å². The van der Waals surface area contributed by atoms with Gasteiger partial charge >= 0.3 is 0 Å². The Bertz CT molecular complexity index is 1090. The Kier molecular flexibility index (Phi) is 4.20. The fraction of sp³-hybridized carbons (Fsp3) is 0.238. The summed E-state index contributed by atoms with van der Waals surface area (Å²) in [5, 5.41) is 10.4. The fourth-order valence-electron chi connectivity index (χ4n) is 3.55. The summed E-state index contributed by atoms with van der Waals surface area (Å²) in [5.74, 6) is -0.125. The first-order chi connectivity index (χ1) is 13.0. The second-order valence-electron chi connectivity index (χ2n) is 6.97. The van der Waals surface area contributed by atoms with Crippen LogP contribution < -0.4 is 5.43 Å². The van der Waals surface area contributed by atoms with E-state index in [0.29, 0.717) is 35.2 Å². The molecule has 1 N–H and O–H groups in total. The van der Waals surface area contributed by atoms with Crippen LogP contribution in [0.5, 0.6) is 5.75 Å². The van der Waals surface area contributed by atoms with E-state index in [9.17, 15) is 14.7 Å². The molecule has 0 saturated carbocycles. The fourth-order valence-corrected chi connectivity index (χ4v) is 3.55. The second-order valence-corrected chi connectivity index (χ2v) is 6.97. The van der Waals surface area contributed by atoms with Crippen LogP contribution in [0.3, 0.4) is 0 Å². The Morgan fingerprint density at radius 3 is 2.63 bits per heavy atom. The Morgan fingerprint density at radius 1 is 1.11 bits per heavy atom. The summed E-state index contributed by atoms with van der Waals surface area (Å²) in [4.78, 5) is 29.9. The molecule has 0 spiro atoms. The van der Waals surface area contributed by atoms with Crippen LogP contribution in [-0.4, -0.2) is 48.0 Å². The van der Waals surface area contributed by atoms with E-state index >= 15 is 0 Å². The van der Waals surface area contributed by atoms with E-state index in [-0.39, 0.29) is 22.8 Å². The molecule has 0 aliphatic carbocycles. The molecule has 3 aromatic rings. The van der Waals surface area contributed by atoms with Crippen LogP contribution in [0.25, 0.3) is 11.0 Å². The van der Waals surface area contributed by atoms with E-state index < -0.39 is 6.04 Å². The lowest BCUT2D eigenvalue weighted by Crippen LogP contribution is -2.35. The predicted molar refractivity (Wildman–Crippen MR) is 102 cm³/mol. The maximum atomic E-state index is 13.2. The number of rotatable bonds is 4. The summed E-state index contributed by atoms with van der Waals surface area (Å²) in [6, 6.07) is 13.0. The van der Waals surface area contributed by atoms with Crippen molar-refractivity contribution >= 4 is 16.9 Å². The van der Waals surface area contributed by atoms with Crippen LogP contribution >= 0.6 is 0 Å². The van der Waals surface area contributed by atoms with E-state index in [1.54, 1.807) is 47.4 Å². The van der Waals surface area contributed by atoms with Crippen LogP contribution in [0.2, 0.25) is 0 Å². The zero-order valence-corrected chi connectivity index (χ0v) is 15.2. The third-order valence-electron chi connectivity index (χ3n) is 4.85. The van der Waals surface area contributed by atoms with Crippen LogP contribution in [0, 0.1) is 0 Å². The number of hydrogen-bond acceptors (Lipinski definition) is 5. The number of phenols is 1. The van der Waals surface area contributed by atoms with E-state index in [1.165, 1.54) is 0 Å². The number of amides is 1. The highest BCUT2D eigenvalue weighted by atomic mass is 16.3. The smallest absolute Gasteiger partial charge is 0.290 e. The lowest BCUT2D eigenvalue weighted by molar-refractivity contribution is 0.0716. The number of nitrogens with zero attached hydrogens (tertiary/aromatic N) is 2. The first kappa shape index (κ1) is 17.3. The van der Waals surface area contributed by atoms with Gasteiger partial charge in [0.15, 0.2) is 5.43 Å². The molecule has 1 aliphatic heterocycles. The van der Waals surface area contributed by atoms with Crippen molar-refractivity contribution in [3.8, 4) is 5.75 Å². The molecule has 27 heavy (non-hydrogen) atoms. The summed E-state index contributed by atoms with van der Waals surface area (Å²) in [5.41, 5.74) is 1.21. The van der Waals surface area contributed by atoms with Gasteiger partial charge in [0.2, 0.25) is 5.76 Å². The number of carbonyl (C=O) groups is 1. The van der Waals surface area contributed by atoms with Crippen molar-refractivity contribution < 1.29 is 14.3 Å². The maximum absolute atomic E-state index is 13.2. The van der Waals surface area contributed by atoms with Crippen LogP contribution in [0.15, 0.2) is 57.7 Å². The van der Waals surface area contributed by atoms with Gasteiger partial charge in [0.25, 0.3) is 5.91 Å². The molecular weight excluding hydrogens is 344 g/mol. The molecule has 6 nitrogen and oxygen atoms in total. The number of aromatic hydroxyl groups is 1. The number of phenolic OH excluding ortho intramolecular Hbond substituents is 1. The lowest BCUT2D eigenvalue weighted by Gasteiger charge is -2.26. The summed E-state index contributed by atoms with van der Waals surface area (Å²) >= 11 is 0. The van der Waals surface area contributed by atoms with Gasteiger partial charge in [-0.05, 0) is 43.9 Å².